The third-order valence-corrected chi connectivity index (χ3v) is 2.03. The number of aryl methyl sites for hydroxylation is 1. The van der Waals surface area contributed by atoms with Gasteiger partial charge in [0.05, 0.1) is 18.2 Å². The molecule has 1 aromatic rings. The molecule has 0 radical (unpaired) electrons. The molecule has 1 atom stereocenters. The van der Waals surface area contributed by atoms with E-state index >= 15 is 0 Å². The minimum Gasteiger partial charge on any atom is -0.384 e. The second-order valence-electron chi connectivity index (χ2n) is 2.91. The fourth-order valence-corrected chi connectivity index (χ4v) is 1.31. The zero-order valence-electron chi connectivity index (χ0n) is 8.03. The molecule has 5 heteroatoms. The lowest BCUT2D eigenvalue weighted by Gasteiger charge is -2.10. The zero-order valence-corrected chi connectivity index (χ0v) is 8.78. The Labute approximate surface area is 87.3 Å². The van der Waals surface area contributed by atoms with Gasteiger partial charge in [-0.25, -0.2) is 9.97 Å². The number of carbonyl (C=O) groups excluding carboxylic acids is 1. The molecule has 0 aliphatic carbocycles. The lowest BCUT2D eigenvalue weighted by atomic mass is 10.0. The number of ether oxygens (including phenoxy) is 1. The van der Waals surface area contributed by atoms with Crippen LogP contribution in [0.1, 0.15) is 17.2 Å². The van der Waals surface area contributed by atoms with Crippen molar-refractivity contribution in [2.75, 3.05) is 13.7 Å². The SMILES string of the molecule is COCC(C=O)c1nc(Cl)ncc1C. The Kier molecular flexibility index (Phi) is 3.98. The third-order valence-electron chi connectivity index (χ3n) is 1.84. The maximum Gasteiger partial charge on any atom is 0.222 e. The lowest BCUT2D eigenvalue weighted by Crippen LogP contribution is -2.11. The van der Waals surface area contributed by atoms with Gasteiger partial charge in [-0.3, -0.25) is 0 Å². The van der Waals surface area contributed by atoms with Crippen LogP contribution in [0.5, 0.6) is 0 Å². The van der Waals surface area contributed by atoms with Crippen LogP contribution in [0.3, 0.4) is 0 Å². The van der Waals surface area contributed by atoms with E-state index < -0.39 is 0 Å². The van der Waals surface area contributed by atoms with Gasteiger partial charge in [0.15, 0.2) is 0 Å². The summed E-state index contributed by atoms with van der Waals surface area (Å²) in [6.07, 6.45) is 2.39. The summed E-state index contributed by atoms with van der Waals surface area (Å²) in [5.41, 5.74) is 1.46. The van der Waals surface area contributed by atoms with Crippen molar-refractivity contribution in [3.05, 3.63) is 22.7 Å². The summed E-state index contributed by atoms with van der Waals surface area (Å²) < 4.78 is 4.91. The van der Waals surface area contributed by atoms with Crippen molar-refractivity contribution in [1.82, 2.24) is 9.97 Å². The summed E-state index contributed by atoms with van der Waals surface area (Å²) in [6, 6.07) is 0. The minimum atomic E-state index is -0.375. The van der Waals surface area contributed by atoms with Crippen LogP contribution in [0.15, 0.2) is 6.20 Å². The van der Waals surface area contributed by atoms with E-state index in [1.54, 1.807) is 6.20 Å². The molecular formula is C9H11ClN2O2. The summed E-state index contributed by atoms with van der Waals surface area (Å²) in [5, 5.41) is 0.147. The van der Waals surface area contributed by atoms with Crippen molar-refractivity contribution in [2.45, 2.75) is 12.8 Å². The smallest absolute Gasteiger partial charge is 0.222 e. The molecule has 4 nitrogen and oxygen atoms in total. The Morgan fingerprint density at radius 1 is 1.71 bits per heavy atom. The van der Waals surface area contributed by atoms with E-state index in [0.29, 0.717) is 12.3 Å². The largest absolute Gasteiger partial charge is 0.384 e. The van der Waals surface area contributed by atoms with Crippen molar-refractivity contribution in [2.24, 2.45) is 0 Å². The normalized spacial score (nSPS) is 12.5. The van der Waals surface area contributed by atoms with Gasteiger partial charge in [0, 0.05) is 13.3 Å². The summed E-state index contributed by atoms with van der Waals surface area (Å²) >= 11 is 5.64. The predicted octanol–water partition coefficient (Wildman–Crippen LogP) is 1.37. The number of nitrogens with zero attached hydrogens (tertiary/aromatic N) is 2. The number of rotatable bonds is 4. The number of halogens is 1. The molecule has 0 bridgehead atoms. The average molecular weight is 215 g/mol. The Bertz CT molecular complexity index is 331. The van der Waals surface area contributed by atoms with Crippen LogP contribution in [0.25, 0.3) is 0 Å². The van der Waals surface area contributed by atoms with Crippen molar-refractivity contribution in [3.8, 4) is 0 Å². The highest BCUT2D eigenvalue weighted by Gasteiger charge is 2.15. The molecule has 1 rings (SSSR count). The average Bonchev–Trinajstić information content (AvgIpc) is 2.18. The first-order valence-electron chi connectivity index (χ1n) is 4.12. The minimum absolute atomic E-state index is 0.147. The van der Waals surface area contributed by atoms with E-state index in [1.807, 2.05) is 6.92 Å². The highest BCUT2D eigenvalue weighted by atomic mass is 35.5. The fourth-order valence-electron chi connectivity index (χ4n) is 1.17. The molecule has 0 amide bonds. The van der Waals surface area contributed by atoms with Crippen LogP contribution < -0.4 is 0 Å². The van der Waals surface area contributed by atoms with Gasteiger partial charge in [0.25, 0.3) is 0 Å². The molecule has 0 aromatic carbocycles. The van der Waals surface area contributed by atoms with Crippen molar-refractivity contribution < 1.29 is 9.53 Å². The van der Waals surface area contributed by atoms with Gasteiger partial charge in [-0.15, -0.1) is 0 Å². The molecule has 0 saturated heterocycles. The molecule has 0 saturated carbocycles. The Morgan fingerprint density at radius 2 is 2.43 bits per heavy atom. The Balaban J connectivity index is 3.01. The number of aromatic nitrogens is 2. The third kappa shape index (κ3) is 2.49. The van der Waals surface area contributed by atoms with Crippen LogP contribution in [0.4, 0.5) is 0 Å². The number of aldehydes is 1. The van der Waals surface area contributed by atoms with E-state index in [2.05, 4.69) is 9.97 Å². The lowest BCUT2D eigenvalue weighted by molar-refractivity contribution is -0.110. The molecular weight excluding hydrogens is 204 g/mol. The summed E-state index contributed by atoms with van der Waals surface area (Å²) in [7, 11) is 1.54. The van der Waals surface area contributed by atoms with Gasteiger partial charge in [0.2, 0.25) is 5.28 Å². The van der Waals surface area contributed by atoms with Crippen LogP contribution in [0, 0.1) is 6.92 Å². The Morgan fingerprint density at radius 3 is 3.00 bits per heavy atom. The Hall–Kier alpha value is -1.00. The highest BCUT2D eigenvalue weighted by Crippen LogP contribution is 2.16. The topological polar surface area (TPSA) is 52.1 Å². The van der Waals surface area contributed by atoms with Crippen LogP contribution in [0.2, 0.25) is 5.28 Å². The second-order valence-corrected chi connectivity index (χ2v) is 3.24. The van der Waals surface area contributed by atoms with Crippen molar-refractivity contribution in [3.63, 3.8) is 0 Å². The number of methoxy groups -OCH3 is 1. The first-order valence-corrected chi connectivity index (χ1v) is 4.50. The van der Waals surface area contributed by atoms with Gasteiger partial charge in [-0.2, -0.15) is 0 Å². The standard InChI is InChI=1S/C9H11ClN2O2/c1-6-3-11-9(10)12-8(6)7(4-13)5-14-2/h3-4,7H,5H2,1-2H3. The van der Waals surface area contributed by atoms with Crippen LogP contribution >= 0.6 is 11.6 Å². The summed E-state index contributed by atoms with van der Waals surface area (Å²) in [4.78, 5) is 18.6. The number of hydrogen-bond donors (Lipinski definition) is 0. The molecule has 1 heterocycles. The van der Waals surface area contributed by atoms with E-state index in [0.717, 1.165) is 11.8 Å². The first-order chi connectivity index (χ1) is 6.69. The quantitative estimate of drug-likeness (QED) is 0.561. The maximum atomic E-state index is 10.8. The van der Waals surface area contributed by atoms with E-state index in [-0.39, 0.29) is 11.2 Å². The summed E-state index contributed by atoms with van der Waals surface area (Å²) in [5.74, 6) is -0.375. The first kappa shape index (κ1) is 11.1. The predicted molar refractivity (Wildman–Crippen MR) is 52.5 cm³/mol. The van der Waals surface area contributed by atoms with Crippen molar-refractivity contribution in [1.29, 1.82) is 0 Å². The number of carbonyl (C=O) groups is 1. The molecule has 1 unspecified atom stereocenters. The molecule has 76 valence electrons. The molecule has 1 aromatic heterocycles. The maximum absolute atomic E-state index is 10.8. The van der Waals surface area contributed by atoms with Crippen LogP contribution in [-0.4, -0.2) is 30.0 Å². The zero-order chi connectivity index (χ0) is 10.6. The van der Waals surface area contributed by atoms with Gasteiger partial charge in [-0.05, 0) is 24.1 Å². The molecule has 0 aliphatic rings. The molecule has 0 fully saturated rings. The molecule has 0 N–H and O–H groups in total. The number of hydrogen-bond acceptors (Lipinski definition) is 4. The summed E-state index contributed by atoms with van der Waals surface area (Å²) in [6.45, 7) is 2.13. The monoisotopic (exact) mass is 214 g/mol. The highest BCUT2D eigenvalue weighted by molar-refractivity contribution is 6.28. The van der Waals surface area contributed by atoms with Crippen molar-refractivity contribution >= 4 is 17.9 Å². The van der Waals surface area contributed by atoms with Gasteiger partial charge in [-0.1, -0.05) is 0 Å². The van der Waals surface area contributed by atoms with E-state index in [4.69, 9.17) is 16.3 Å². The molecule has 14 heavy (non-hydrogen) atoms. The van der Waals surface area contributed by atoms with Gasteiger partial charge >= 0.3 is 0 Å². The van der Waals surface area contributed by atoms with Gasteiger partial charge in [0.1, 0.15) is 6.29 Å². The van der Waals surface area contributed by atoms with Crippen LogP contribution in [-0.2, 0) is 9.53 Å². The van der Waals surface area contributed by atoms with Gasteiger partial charge < -0.3 is 9.53 Å². The van der Waals surface area contributed by atoms with E-state index in [9.17, 15) is 4.79 Å². The molecule has 0 spiro atoms. The second kappa shape index (κ2) is 5.02. The fraction of sp³-hybridized carbons (Fsp3) is 0.444. The van der Waals surface area contributed by atoms with E-state index in [1.165, 1.54) is 7.11 Å². The molecule has 0 aliphatic heterocycles.